The first-order valence-electron chi connectivity index (χ1n) is 7.06. The molecule has 1 atom stereocenters. The molecule has 0 spiro atoms. The lowest BCUT2D eigenvalue weighted by atomic mass is 10.1. The van der Waals surface area contributed by atoms with E-state index in [0.29, 0.717) is 0 Å². The van der Waals surface area contributed by atoms with Crippen LogP contribution in [0.5, 0.6) is 0 Å². The number of halogens is 1. The molecule has 2 nitrogen and oxygen atoms in total. The summed E-state index contributed by atoms with van der Waals surface area (Å²) >= 11 is 3.61. The van der Waals surface area contributed by atoms with Crippen molar-refractivity contribution in [3.05, 3.63) is 76.4 Å². The lowest BCUT2D eigenvalue weighted by Crippen LogP contribution is -2.18. The molecule has 0 aliphatic heterocycles. The highest BCUT2D eigenvalue weighted by atomic mass is 79.9. The van der Waals surface area contributed by atoms with E-state index in [-0.39, 0.29) is 6.04 Å². The van der Waals surface area contributed by atoms with E-state index in [0.717, 1.165) is 16.5 Å². The number of para-hydroxylation sites is 1. The highest BCUT2D eigenvalue weighted by Gasteiger charge is 2.09. The predicted molar refractivity (Wildman–Crippen MR) is 91.1 cm³/mol. The monoisotopic (exact) mass is 340 g/mol. The summed E-state index contributed by atoms with van der Waals surface area (Å²) in [5.74, 6) is 0. The Hall–Kier alpha value is -1.71. The second-order valence-electron chi connectivity index (χ2n) is 5.11. The second-order valence-corrected chi connectivity index (χ2v) is 5.97. The van der Waals surface area contributed by atoms with Gasteiger partial charge in [0.25, 0.3) is 0 Å². The Morgan fingerprint density at radius 1 is 1.05 bits per heavy atom. The van der Waals surface area contributed by atoms with E-state index in [1.54, 1.807) is 0 Å². The molecule has 106 valence electrons. The molecule has 0 radical (unpaired) electrons. The van der Waals surface area contributed by atoms with Crippen LogP contribution in [-0.2, 0) is 6.54 Å². The molecule has 0 bridgehead atoms. The number of nitrogens with zero attached hydrogens (tertiary/aromatic N) is 1. The molecule has 0 saturated carbocycles. The fourth-order valence-electron chi connectivity index (χ4n) is 2.51. The Bertz CT molecular complexity index is 750. The fraction of sp³-hybridized carbons (Fsp3) is 0.167. The SMILES string of the molecule is C[C@H](NCc1ccnc2ccccc12)c1ccccc1Br. The minimum absolute atomic E-state index is 0.285. The van der Waals surface area contributed by atoms with Crippen LogP contribution in [0, 0.1) is 0 Å². The minimum atomic E-state index is 0.285. The summed E-state index contributed by atoms with van der Waals surface area (Å²) in [7, 11) is 0. The number of rotatable bonds is 4. The van der Waals surface area contributed by atoms with Gasteiger partial charge in [-0.15, -0.1) is 0 Å². The van der Waals surface area contributed by atoms with E-state index in [1.165, 1.54) is 16.5 Å². The van der Waals surface area contributed by atoms with Gasteiger partial charge in [-0.1, -0.05) is 52.3 Å². The van der Waals surface area contributed by atoms with Gasteiger partial charge in [-0.25, -0.2) is 0 Å². The summed E-state index contributed by atoms with van der Waals surface area (Å²) in [5.41, 5.74) is 3.60. The van der Waals surface area contributed by atoms with Gasteiger partial charge in [0, 0.05) is 28.6 Å². The molecule has 1 aromatic heterocycles. The number of pyridine rings is 1. The maximum atomic E-state index is 4.41. The molecule has 0 fully saturated rings. The number of aromatic nitrogens is 1. The first-order chi connectivity index (χ1) is 10.3. The number of hydrogen-bond donors (Lipinski definition) is 1. The standard InChI is InChI=1S/C18H17BrN2/c1-13(15-6-2-4-8-17(15)19)21-12-14-10-11-20-18-9-5-3-7-16(14)18/h2-11,13,21H,12H2,1H3/t13-/m0/s1. The van der Waals surface area contributed by atoms with Crippen molar-refractivity contribution in [3.8, 4) is 0 Å². The smallest absolute Gasteiger partial charge is 0.0705 e. The van der Waals surface area contributed by atoms with Crippen molar-refractivity contribution >= 4 is 26.8 Å². The minimum Gasteiger partial charge on any atom is -0.306 e. The van der Waals surface area contributed by atoms with Crippen LogP contribution in [0.4, 0.5) is 0 Å². The van der Waals surface area contributed by atoms with Gasteiger partial charge in [0.15, 0.2) is 0 Å². The number of nitrogens with one attached hydrogen (secondary N) is 1. The van der Waals surface area contributed by atoms with Gasteiger partial charge < -0.3 is 5.32 Å². The zero-order valence-corrected chi connectivity index (χ0v) is 13.5. The maximum absolute atomic E-state index is 4.41. The van der Waals surface area contributed by atoms with Crippen LogP contribution < -0.4 is 5.32 Å². The van der Waals surface area contributed by atoms with Crippen LogP contribution >= 0.6 is 15.9 Å². The molecule has 0 amide bonds. The van der Waals surface area contributed by atoms with Crippen molar-refractivity contribution in [2.24, 2.45) is 0 Å². The van der Waals surface area contributed by atoms with Crippen LogP contribution in [0.15, 0.2) is 65.3 Å². The first kappa shape index (κ1) is 14.2. The Balaban J connectivity index is 1.79. The predicted octanol–water partition coefficient (Wildman–Crippen LogP) is 4.85. The molecule has 2 aromatic carbocycles. The molecular formula is C18H17BrN2. The normalized spacial score (nSPS) is 12.5. The molecule has 3 rings (SSSR count). The second kappa shape index (κ2) is 6.37. The van der Waals surface area contributed by atoms with Crippen LogP contribution in [0.3, 0.4) is 0 Å². The van der Waals surface area contributed by atoms with Gasteiger partial charge in [-0.2, -0.15) is 0 Å². The summed E-state index contributed by atoms with van der Waals surface area (Å²) in [4.78, 5) is 4.41. The third-order valence-corrected chi connectivity index (χ3v) is 4.43. The lowest BCUT2D eigenvalue weighted by Gasteiger charge is -2.16. The molecule has 0 aliphatic rings. The van der Waals surface area contributed by atoms with Gasteiger partial charge in [0.05, 0.1) is 5.52 Å². The van der Waals surface area contributed by atoms with Crippen molar-refractivity contribution in [3.63, 3.8) is 0 Å². The Labute approximate surface area is 133 Å². The summed E-state index contributed by atoms with van der Waals surface area (Å²) < 4.78 is 1.14. The fourth-order valence-corrected chi connectivity index (χ4v) is 3.14. The van der Waals surface area contributed by atoms with Crippen molar-refractivity contribution in [1.82, 2.24) is 10.3 Å². The Kier molecular flexibility index (Phi) is 4.32. The van der Waals surface area contributed by atoms with Gasteiger partial charge in [0.2, 0.25) is 0 Å². The van der Waals surface area contributed by atoms with Crippen LogP contribution in [0.25, 0.3) is 10.9 Å². The molecular weight excluding hydrogens is 324 g/mol. The molecule has 0 aliphatic carbocycles. The average Bonchev–Trinajstić information content (AvgIpc) is 2.53. The average molecular weight is 341 g/mol. The summed E-state index contributed by atoms with van der Waals surface area (Å²) in [6, 6.07) is 19.0. The maximum Gasteiger partial charge on any atom is 0.0705 e. The van der Waals surface area contributed by atoms with Gasteiger partial charge in [-0.05, 0) is 36.2 Å². The Morgan fingerprint density at radius 3 is 2.67 bits per heavy atom. The highest BCUT2D eigenvalue weighted by Crippen LogP contribution is 2.23. The topological polar surface area (TPSA) is 24.9 Å². The molecule has 0 saturated heterocycles. The van der Waals surface area contributed by atoms with E-state index in [1.807, 2.05) is 18.3 Å². The quantitative estimate of drug-likeness (QED) is 0.734. The van der Waals surface area contributed by atoms with Crippen molar-refractivity contribution in [2.45, 2.75) is 19.5 Å². The zero-order valence-electron chi connectivity index (χ0n) is 11.9. The van der Waals surface area contributed by atoms with Gasteiger partial charge in [0.1, 0.15) is 0 Å². The molecule has 1 N–H and O–H groups in total. The van der Waals surface area contributed by atoms with E-state index in [4.69, 9.17) is 0 Å². The van der Waals surface area contributed by atoms with Crippen molar-refractivity contribution in [1.29, 1.82) is 0 Å². The first-order valence-corrected chi connectivity index (χ1v) is 7.85. The number of benzene rings is 2. The van der Waals surface area contributed by atoms with Crippen LogP contribution in [0.2, 0.25) is 0 Å². The summed E-state index contributed by atoms with van der Waals surface area (Å²) in [6.07, 6.45) is 1.88. The van der Waals surface area contributed by atoms with Crippen molar-refractivity contribution < 1.29 is 0 Å². The summed E-state index contributed by atoms with van der Waals surface area (Å²) in [6.45, 7) is 3.01. The molecule has 3 aromatic rings. The van der Waals surface area contributed by atoms with Crippen LogP contribution in [0.1, 0.15) is 24.1 Å². The molecule has 1 heterocycles. The molecule has 3 heteroatoms. The van der Waals surface area contributed by atoms with Crippen molar-refractivity contribution in [2.75, 3.05) is 0 Å². The van der Waals surface area contributed by atoms with E-state index < -0.39 is 0 Å². The largest absolute Gasteiger partial charge is 0.306 e. The zero-order chi connectivity index (χ0) is 14.7. The third-order valence-electron chi connectivity index (χ3n) is 3.71. The van der Waals surface area contributed by atoms with E-state index in [2.05, 4.69) is 75.6 Å². The van der Waals surface area contributed by atoms with E-state index >= 15 is 0 Å². The Morgan fingerprint density at radius 2 is 1.81 bits per heavy atom. The number of hydrogen-bond acceptors (Lipinski definition) is 2. The van der Waals surface area contributed by atoms with E-state index in [9.17, 15) is 0 Å². The van der Waals surface area contributed by atoms with Crippen LogP contribution in [-0.4, -0.2) is 4.98 Å². The van der Waals surface area contributed by atoms with Gasteiger partial charge >= 0.3 is 0 Å². The van der Waals surface area contributed by atoms with Gasteiger partial charge in [-0.3, -0.25) is 4.98 Å². The number of fused-ring (bicyclic) bond motifs is 1. The lowest BCUT2D eigenvalue weighted by molar-refractivity contribution is 0.574. The third kappa shape index (κ3) is 3.14. The highest BCUT2D eigenvalue weighted by molar-refractivity contribution is 9.10. The molecule has 0 unspecified atom stereocenters. The summed E-state index contributed by atoms with van der Waals surface area (Å²) in [5, 5.41) is 4.81. The molecule has 21 heavy (non-hydrogen) atoms.